The van der Waals surface area contributed by atoms with Crippen LogP contribution in [0.15, 0.2) is 30.4 Å². The fourth-order valence-electron chi connectivity index (χ4n) is 3.79. The zero-order chi connectivity index (χ0) is 16.9. The van der Waals surface area contributed by atoms with Crippen molar-refractivity contribution in [1.29, 1.82) is 5.26 Å². The van der Waals surface area contributed by atoms with Gasteiger partial charge >= 0.3 is 0 Å². The van der Waals surface area contributed by atoms with E-state index in [1.807, 2.05) is 25.1 Å². The highest BCUT2D eigenvalue weighted by molar-refractivity contribution is 5.34. The molecule has 0 amide bonds. The average Bonchev–Trinajstić information content (AvgIpc) is 2.63. The van der Waals surface area contributed by atoms with Crippen molar-refractivity contribution in [3.63, 3.8) is 0 Å². The van der Waals surface area contributed by atoms with E-state index in [2.05, 4.69) is 6.08 Å². The predicted octanol–water partition coefficient (Wildman–Crippen LogP) is 4.54. The third-order valence-electron chi connectivity index (χ3n) is 5.16. The molecule has 0 atom stereocenters. The van der Waals surface area contributed by atoms with E-state index in [1.165, 1.54) is 6.07 Å². The number of nitriles is 1. The van der Waals surface area contributed by atoms with E-state index in [-0.39, 0.29) is 11.9 Å². The summed E-state index contributed by atoms with van der Waals surface area (Å²) in [5.74, 6) is 0.745. The molecular weight excluding hydrogens is 305 g/mol. The molecule has 1 aliphatic carbocycles. The summed E-state index contributed by atoms with van der Waals surface area (Å²) in [5, 5.41) is 8.83. The highest BCUT2D eigenvalue weighted by atomic mass is 19.1. The number of ether oxygens (including phenoxy) is 2. The Morgan fingerprint density at radius 1 is 1.17 bits per heavy atom. The quantitative estimate of drug-likeness (QED) is 0.765. The summed E-state index contributed by atoms with van der Waals surface area (Å²) in [6, 6.07) is 6.88. The van der Waals surface area contributed by atoms with Crippen molar-refractivity contribution in [3.05, 3.63) is 47.3 Å². The molecule has 3 rings (SSSR count). The van der Waals surface area contributed by atoms with Crippen LogP contribution in [0.3, 0.4) is 0 Å². The Kier molecular flexibility index (Phi) is 5.65. The van der Waals surface area contributed by atoms with Gasteiger partial charge in [0.1, 0.15) is 11.9 Å². The first-order chi connectivity index (χ1) is 11.7. The maximum atomic E-state index is 13.8. The van der Waals surface area contributed by atoms with Crippen LogP contribution < -0.4 is 0 Å². The first-order valence-electron chi connectivity index (χ1n) is 8.76. The van der Waals surface area contributed by atoms with Gasteiger partial charge in [0.05, 0.1) is 18.8 Å². The lowest BCUT2D eigenvalue weighted by Gasteiger charge is -2.37. The van der Waals surface area contributed by atoms with E-state index in [1.54, 1.807) is 6.07 Å². The summed E-state index contributed by atoms with van der Waals surface area (Å²) in [5.41, 5.74) is 1.12. The second-order valence-electron chi connectivity index (χ2n) is 6.78. The normalized spacial score (nSPS) is 31.0. The van der Waals surface area contributed by atoms with E-state index < -0.39 is 5.82 Å². The topological polar surface area (TPSA) is 42.2 Å². The molecule has 2 aliphatic rings. The van der Waals surface area contributed by atoms with Crippen molar-refractivity contribution in [2.24, 2.45) is 11.8 Å². The summed E-state index contributed by atoms with van der Waals surface area (Å²) in [6.07, 6.45) is 8.17. The molecule has 4 heteroatoms. The number of nitrogens with zero attached hydrogens (tertiary/aromatic N) is 1. The molecular formula is C20H24FNO2. The lowest BCUT2D eigenvalue weighted by atomic mass is 9.78. The van der Waals surface area contributed by atoms with Crippen LogP contribution in [0.4, 0.5) is 4.39 Å². The van der Waals surface area contributed by atoms with Crippen molar-refractivity contribution < 1.29 is 13.9 Å². The van der Waals surface area contributed by atoms with Crippen molar-refractivity contribution in [2.75, 3.05) is 13.2 Å². The Hall–Kier alpha value is -1.70. The van der Waals surface area contributed by atoms with Gasteiger partial charge in [-0.3, -0.25) is 0 Å². The second kappa shape index (κ2) is 7.92. The molecule has 1 heterocycles. The van der Waals surface area contributed by atoms with Gasteiger partial charge < -0.3 is 9.47 Å². The Morgan fingerprint density at radius 2 is 1.88 bits per heavy atom. The van der Waals surface area contributed by atoms with Crippen molar-refractivity contribution in [3.8, 4) is 6.07 Å². The number of hydrogen-bond donors (Lipinski definition) is 0. The summed E-state index contributed by atoms with van der Waals surface area (Å²) in [4.78, 5) is 0. The molecule has 1 aliphatic heterocycles. The standard InChI is InChI=1S/C20H24FNO2/c1-2-3-14-12-23-20(24-13-14)16-6-4-15(5-7-16)17-8-9-18(11-22)19(21)10-17/h2-3,8-10,14-16,20H,4-7,12-13H2,1H3/b3-2+. The molecule has 0 unspecified atom stereocenters. The number of hydrogen-bond acceptors (Lipinski definition) is 3. The van der Waals surface area contributed by atoms with E-state index in [0.717, 1.165) is 44.5 Å². The van der Waals surface area contributed by atoms with Gasteiger partial charge in [0, 0.05) is 11.8 Å². The average molecular weight is 329 g/mol. The zero-order valence-corrected chi connectivity index (χ0v) is 14.1. The molecule has 3 nitrogen and oxygen atoms in total. The Bertz CT molecular complexity index is 621. The first-order valence-corrected chi connectivity index (χ1v) is 8.76. The number of benzene rings is 1. The maximum absolute atomic E-state index is 13.8. The van der Waals surface area contributed by atoms with Crippen LogP contribution in [0.2, 0.25) is 0 Å². The van der Waals surface area contributed by atoms with Crippen molar-refractivity contribution >= 4 is 0 Å². The minimum atomic E-state index is -0.411. The molecule has 2 fully saturated rings. The summed E-state index contributed by atoms with van der Waals surface area (Å²) >= 11 is 0. The Balaban J connectivity index is 1.53. The first kappa shape index (κ1) is 17.1. The number of allylic oxidation sites excluding steroid dienone is 1. The monoisotopic (exact) mass is 329 g/mol. The highest BCUT2D eigenvalue weighted by Crippen LogP contribution is 2.39. The molecule has 128 valence electrons. The fourth-order valence-corrected chi connectivity index (χ4v) is 3.79. The van der Waals surface area contributed by atoms with Gasteiger partial charge in [-0.2, -0.15) is 5.26 Å². The third-order valence-corrected chi connectivity index (χ3v) is 5.16. The smallest absolute Gasteiger partial charge is 0.160 e. The van der Waals surface area contributed by atoms with Crippen LogP contribution in [0.25, 0.3) is 0 Å². The Morgan fingerprint density at radius 3 is 2.46 bits per heavy atom. The van der Waals surface area contributed by atoms with Crippen LogP contribution in [0, 0.1) is 29.0 Å². The van der Waals surface area contributed by atoms with Crippen LogP contribution in [-0.2, 0) is 9.47 Å². The van der Waals surface area contributed by atoms with Gasteiger partial charge in [-0.25, -0.2) is 4.39 Å². The molecule has 1 saturated carbocycles. The van der Waals surface area contributed by atoms with Crippen molar-refractivity contribution in [1.82, 2.24) is 0 Å². The van der Waals surface area contributed by atoms with Crippen LogP contribution >= 0.6 is 0 Å². The lowest BCUT2D eigenvalue weighted by molar-refractivity contribution is -0.222. The second-order valence-corrected chi connectivity index (χ2v) is 6.78. The van der Waals surface area contributed by atoms with Crippen molar-refractivity contribution in [2.45, 2.75) is 44.8 Å². The molecule has 0 spiro atoms. The minimum Gasteiger partial charge on any atom is -0.352 e. The molecule has 0 aromatic heterocycles. The minimum absolute atomic E-state index is 0.0924. The summed E-state index contributed by atoms with van der Waals surface area (Å²) in [7, 11) is 0. The van der Waals surface area contributed by atoms with E-state index in [4.69, 9.17) is 14.7 Å². The fraction of sp³-hybridized carbons (Fsp3) is 0.550. The van der Waals surface area contributed by atoms with Gasteiger partial charge in [0.25, 0.3) is 0 Å². The third kappa shape index (κ3) is 3.85. The largest absolute Gasteiger partial charge is 0.352 e. The van der Waals surface area contributed by atoms with Gasteiger partial charge in [-0.05, 0) is 56.2 Å². The molecule has 24 heavy (non-hydrogen) atoms. The molecule has 0 radical (unpaired) electrons. The van der Waals surface area contributed by atoms with E-state index >= 15 is 0 Å². The Labute approximate surface area is 143 Å². The lowest BCUT2D eigenvalue weighted by Crippen LogP contribution is -2.37. The van der Waals surface area contributed by atoms with E-state index in [0.29, 0.717) is 17.8 Å². The number of rotatable bonds is 3. The molecule has 0 bridgehead atoms. The van der Waals surface area contributed by atoms with Gasteiger partial charge in [-0.1, -0.05) is 18.2 Å². The summed E-state index contributed by atoms with van der Waals surface area (Å²) in [6.45, 7) is 3.48. The highest BCUT2D eigenvalue weighted by Gasteiger charge is 2.32. The number of halogens is 1. The van der Waals surface area contributed by atoms with Gasteiger partial charge in [0.15, 0.2) is 6.29 Å². The van der Waals surface area contributed by atoms with Gasteiger partial charge in [0.2, 0.25) is 0 Å². The van der Waals surface area contributed by atoms with Crippen LogP contribution in [-0.4, -0.2) is 19.5 Å². The van der Waals surface area contributed by atoms with Gasteiger partial charge in [-0.15, -0.1) is 0 Å². The SMILES string of the molecule is C/C=C/C1COC(C2CCC(c3ccc(C#N)c(F)c3)CC2)OC1. The molecule has 1 aromatic rings. The molecule has 0 N–H and O–H groups in total. The van der Waals surface area contributed by atoms with Crippen LogP contribution in [0.1, 0.15) is 49.7 Å². The maximum Gasteiger partial charge on any atom is 0.160 e. The van der Waals surface area contributed by atoms with E-state index in [9.17, 15) is 4.39 Å². The van der Waals surface area contributed by atoms with Crippen LogP contribution in [0.5, 0.6) is 0 Å². The molecule has 1 aromatic carbocycles. The predicted molar refractivity (Wildman–Crippen MR) is 89.8 cm³/mol. The summed E-state index contributed by atoms with van der Waals surface area (Å²) < 4.78 is 25.6. The molecule has 1 saturated heterocycles. The zero-order valence-electron chi connectivity index (χ0n) is 14.1.